The lowest BCUT2D eigenvalue weighted by Crippen LogP contribution is -2.54. The van der Waals surface area contributed by atoms with E-state index in [0.29, 0.717) is 17.3 Å². The number of nitrogens with one attached hydrogen (secondary N) is 2. The highest BCUT2D eigenvalue weighted by Crippen LogP contribution is 2.38. The normalized spacial score (nSPS) is 18.7. The summed E-state index contributed by atoms with van der Waals surface area (Å²) in [6, 6.07) is 7.92. The number of alkyl halides is 3. The van der Waals surface area contributed by atoms with Crippen LogP contribution in [0.2, 0.25) is 0 Å². The molecule has 1 aromatic carbocycles. The van der Waals surface area contributed by atoms with Crippen LogP contribution >= 0.6 is 0 Å². The molecule has 2 saturated heterocycles. The van der Waals surface area contributed by atoms with Gasteiger partial charge in [0.15, 0.2) is 5.69 Å². The molecule has 6 rings (SSSR count). The lowest BCUT2D eigenvalue weighted by molar-refractivity contribution is -0.138. The SMILES string of the molecule is CC(C)(C(=O)Nc1cnc(C#N)c(C(F)(F)F)c1)n1cc(/C=C/C2(C#N)CN(c3ccc4c(c3)C(=O)N(C3CCC(=O)NC3=O)C4=O)C2)cn1. The number of anilines is 2. The molecule has 3 aliphatic heterocycles. The van der Waals surface area contributed by atoms with Crippen LogP contribution in [0.3, 0.4) is 0 Å². The summed E-state index contributed by atoms with van der Waals surface area (Å²) in [5.74, 6) is -3.13. The Labute approximate surface area is 281 Å². The lowest BCUT2D eigenvalue weighted by atomic mass is 9.80. The molecule has 254 valence electrons. The average molecular weight is 686 g/mol. The Morgan fingerprint density at radius 1 is 1.08 bits per heavy atom. The van der Waals surface area contributed by atoms with Gasteiger partial charge in [-0.2, -0.15) is 28.8 Å². The molecule has 2 N–H and O–H groups in total. The zero-order chi connectivity index (χ0) is 36.2. The molecular weight excluding hydrogens is 659 g/mol. The number of aromatic nitrogens is 3. The fourth-order valence-electron chi connectivity index (χ4n) is 5.90. The highest BCUT2D eigenvalue weighted by Gasteiger charge is 2.46. The summed E-state index contributed by atoms with van der Waals surface area (Å²) < 4.78 is 41.4. The second-order valence-corrected chi connectivity index (χ2v) is 12.6. The number of hydrogen-bond acceptors (Lipinski definition) is 10. The summed E-state index contributed by atoms with van der Waals surface area (Å²) in [5.41, 5.74) is -3.26. The Kier molecular flexibility index (Phi) is 8.02. The fraction of sp³-hybridized carbons (Fsp3) is 0.303. The maximum Gasteiger partial charge on any atom is 0.419 e. The minimum atomic E-state index is -4.85. The number of carbonyl (C=O) groups is 5. The molecule has 14 nitrogen and oxygen atoms in total. The maximum absolute atomic E-state index is 13.3. The molecule has 0 radical (unpaired) electrons. The number of benzene rings is 1. The van der Waals surface area contributed by atoms with E-state index in [1.165, 1.54) is 43.1 Å². The van der Waals surface area contributed by atoms with E-state index in [-0.39, 0.29) is 42.7 Å². The van der Waals surface area contributed by atoms with Gasteiger partial charge in [0.05, 0.1) is 40.8 Å². The van der Waals surface area contributed by atoms with Gasteiger partial charge in [0.25, 0.3) is 17.7 Å². The van der Waals surface area contributed by atoms with Gasteiger partial charge in [-0.15, -0.1) is 0 Å². The molecule has 0 spiro atoms. The minimum absolute atomic E-state index is 0.00727. The van der Waals surface area contributed by atoms with Crippen LogP contribution in [0.15, 0.2) is 48.9 Å². The molecule has 50 heavy (non-hydrogen) atoms. The highest BCUT2D eigenvalue weighted by molar-refractivity contribution is 6.23. The van der Waals surface area contributed by atoms with E-state index >= 15 is 0 Å². The molecule has 1 atom stereocenters. The van der Waals surface area contributed by atoms with Crippen LogP contribution < -0.4 is 15.5 Å². The maximum atomic E-state index is 13.3. The molecular formula is C33H26F3N9O5. The lowest BCUT2D eigenvalue weighted by Gasteiger charge is -2.45. The second kappa shape index (κ2) is 12.0. The van der Waals surface area contributed by atoms with Gasteiger partial charge in [0.2, 0.25) is 11.8 Å². The Morgan fingerprint density at radius 2 is 1.80 bits per heavy atom. The molecule has 2 aromatic heterocycles. The number of carbonyl (C=O) groups excluding carboxylic acids is 5. The summed E-state index contributed by atoms with van der Waals surface area (Å²) >= 11 is 0. The van der Waals surface area contributed by atoms with Gasteiger partial charge in [0, 0.05) is 37.0 Å². The Bertz CT molecular complexity index is 2100. The first-order valence-corrected chi connectivity index (χ1v) is 15.1. The first-order chi connectivity index (χ1) is 23.6. The first-order valence-electron chi connectivity index (χ1n) is 15.1. The van der Waals surface area contributed by atoms with Crippen molar-refractivity contribution in [2.75, 3.05) is 23.3 Å². The van der Waals surface area contributed by atoms with E-state index < -0.39 is 64.0 Å². The van der Waals surface area contributed by atoms with Crippen molar-refractivity contribution in [2.45, 2.75) is 44.4 Å². The zero-order valence-corrected chi connectivity index (χ0v) is 26.4. The number of amides is 5. The number of pyridine rings is 1. The van der Waals surface area contributed by atoms with E-state index in [0.717, 1.165) is 11.1 Å². The van der Waals surface area contributed by atoms with Crippen molar-refractivity contribution in [3.63, 3.8) is 0 Å². The third-order valence-electron chi connectivity index (χ3n) is 8.84. The summed E-state index contributed by atoms with van der Waals surface area (Å²) in [6.07, 6.45) is 2.48. The van der Waals surface area contributed by atoms with Gasteiger partial charge < -0.3 is 10.2 Å². The molecule has 3 aromatic rings. The third-order valence-corrected chi connectivity index (χ3v) is 8.84. The Hall–Kier alpha value is -6.36. The number of halogens is 3. The van der Waals surface area contributed by atoms with Crippen LogP contribution in [0, 0.1) is 28.1 Å². The van der Waals surface area contributed by atoms with Crippen molar-refractivity contribution < 1.29 is 37.1 Å². The van der Waals surface area contributed by atoms with Gasteiger partial charge >= 0.3 is 6.18 Å². The van der Waals surface area contributed by atoms with E-state index in [2.05, 4.69) is 26.8 Å². The molecule has 5 amide bonds. The zero-order valence-electron chi connectivity index (χ0n) is 26.4. The molecule has 0 saturated carbocycles. The highest BCUT2D eigenvalue weighted by atomic mass is 19.4. The molecule has 17 heteroatoms. The first kappa shape index (κ1) is 33.5. The largest absolute Gasteiger partial charge is 0.419 e. The van der Waals surface area contributed by atoms with Crippen LogP contribution in [0.1, 0.15) is 64.2 Å². The monoisotopic (exact) mass is 685 g/mol. The van der Waals surface area contributed by atoms with Crippen LogP contribution in [0.4, 0.5) is 24.5 Å². The summed E-state index contributed by atoms with van der Waals surface area (Å²) in [4.78, 5) is 69.4. The molecule has 3 aliphatic rings. The number of nitriles is 2. The smallest absolute Gasteiger partial charge is 0.368 e. The van der Waals surface area contributed by atoms with Crippen molar-refractivity contribution in [3.05, 3.63) is 76.9 Å². The van der Waals surface area contributed by atoms with Crippen LogP contribution in [0.5, 0.6) is 0 Å². The number of fused-ring (bicyclic) bond motifs is 1. The van der Waals surface area contributed by atoms with Crippen LogP contribution in [-0.2, 0) is 26.1 Å². The van der Waals surface area contributed by atoms with Crippen LogP contribution in [0.25, 0.3) is 6.08 Å². The second-order valence-electron chi connectivity index (χ2n) is 12.6. The van der Waals surface area contributed by atoms with Gasteiger partial charge in [-0.1, -0.05) is 12.2 Å². The van der Waals surface area contributed by atoms with Crippen molar-refractivity contribution >= 4 is 47.0 Å². The summed E-state index contributed by atoms with van der Waals surface area (Å²) in [6.45, 7) is 3.50. The van der Waals surface area contributed by atoms with E-state index in [1.807, 2.05) is 4.90 Å². The topological polar surface area (TPSA) is 194 Å². The Morgan fingerprint density at radius 3 is 2.46 bits per heavy atom. The number of hydrogen-bond donors (Lipinski definition) is 2. The predicted molar refractivity (Wildman–Crippen MR) is 167 cm³/mol. The van der Waals surface area contributed by atoms with Gasteiger partial charge in [-0.25, -0.2) is 4.98 Å². The molecule has 0 bridgehead atoms. The van der Waals surface area contributed by atoms with Crippen molar-refractivity contribution in [1.29, 1.82) is 10.5 Å². The molecule has 2 fully saturated rings. The molecule has 5 heterocycles. The minimum Gasteiger partial charge on any atom is -0.368 e. The van der Waals surface area contributed by atoms with Crippen molar-refractivity contribution in [1.82, 2.24) is 25.0 Å². The standard InChI is InChI=1S/C33H26F3N9O5/c1-31(2,30(50)41-19-9-23(33(34,35)36)24(11-37)39-13-19)44-14-18(12-40-44)7-8-32(15-38)16-43(17-32)20-3-4-21-22(10-20)29(49)45(28(21)48)25-5-6-26(46)42-27(25)47/h3-4,7-10,12-14,25H,5-6,16-17H2,1-2H3,(H,41,50)(H,42,46,47)/b8-7+. The molecule has 1 unspecified atom stereocenters. The van der Waals surface area contributed by atoms with E-state index in [4.69, 9.17) is 5.26 Å². The third kappa shape index (κ3) is 5.83. The number of piperidine rings is 1. The number of nitrogens with zero attached hydrogens (tertiary/aromatic N) is 7. The van der Waals surface area contributed by atoms with Gasteiger partial charge in [-0.3, -0.25) is 38.9 Å². The quantitative estimate of drug-likeness (QED) is 0.349. The van der Waals surface area contributed by atoms with Gasteiger partial charge in [0.1, 0.15) is 23.1 Å². The number of rotatable bonds is 7. The predicted octanol–water partition coefficient (Wildman–Crippen LogP) is 2.99. The number of imide groups is 2. The van der Waals surface area contributed by atoms with Crippen LogP contribution in [-0.4, -0.2) is 68.3 Å². The molecule has 0 aliphatic carbocycles. The Balaban J connectivity index is 1.11. The van der Waals surface area contributed by atoms with Crippen molar-refractivity contribution in [3.8, 4) is 12.1 Å². The van der Waals surface area contributed by atoms with E-state index in [9.17, 15) is 42.4 Å². The summed E-state index contributed by atoms with van der Waals surface area (Å²) in [7, 11) is 0. The van der Waals surface area contributed by atoms with E-state index in [1.54, 1.807) is 24.3 Å². The fourth-order valence-corrected chi connectivity index (χ4v) is 5.90. The average Bonchev–Trinajstić information content (AvgIpc) is 3.63. The van der Waals surface area contributed by atoms with Gasteiger partial charge in [-0.05, 0) is 44.5 Å². The summed E-state index contributed by atoms with van der Waals surface area (Å²) in [5, 5.41) is 27.8. The van der Waals surface area contributed by atoms with Crippen molar-refractivity contribution in [2.24, 2.45) is 5.41 Å².